The number of aliphatic hydroxyl groups excluding tert-OH is 2. The standard InChI is InChI=1S/C22H32O6/c1-15-9-5-7-11-20(26)28-22(18(4)14-24)16(2)10-6-8-12-19(25)27-21(15)17(3)13-23/h5-12,15-18,21-24H,13-14H2,1-4H3/b9-5+,10-6+,11-7+,12-8+/t15-,16-,17-,18-,21-,22-/m0/s1. The van der Waals surface area contributed by atoms with Crippen LogP contribution in [-0.2, 0) is 19.1 Å². The Hall–Kier alpha value is -2.18. The Morgan fingerprint density at radius 1 is 0.786 bits per heavy atom. The summed E-state index contributed by atoms with van der Waals surface area (Å²) in [6.45, 7) is 7.15. The molecule has 0 aromatic rings. The minimum Gasteiger partial charge on any atom is -0.458 e. The normalized spacial score (nSPS) is 33.8. The second kappa shape index (κ2) is 12.3. The maximum absolute atomic E-state index is 12.1. The number of carbonyl (C=O) groups is 2. The molecule has 0 aromatic heterocycles. The minimum absolute atomic E-state index is 0.107. The summed E-state index contributed by atoms with van der Waals surface area (Å²) in [5, 5.41) is 18.9. The lowest BCUT2D eigenvalue weighted by molar-refractivity contribution is -0.149. The number of aliphatic hydroxyl groups is 2. The number of ether oxygens (including phenoxy) is 2. The molecular weight excluding hydrogens is 360 g/mol. The molecule has 0 saturated carbocycles. The molecular formula is C22H32O6. The Morgan fingerprint density at radius 2 is 1.14 bits per heavy atom. The summed E-state index contributed by atoms with van der Waals surface area (Å²) < 4.78 is 11.0. The molecule has 156 valence electrons. The first-order valence-electron chi connectivity index (χ1n) is 9.62. The second-order valence-electron chi connectivity index (χ2n) is 7.33. The molecule has 1 heterocycles. The van der Waals surface area contributed by atoms with Crippen LogP contribution in [0.5, 0.6) is 0 Å². The minimum atomic E-state index is -0.496. The van der Waals surface area contributed by atoms with Crippen LogP contribution in [0.25, 0.3) is 0 Å². The third kappa shape index (κ3) is 7.82. The van der Waals surface area contributed by atoms with Gasteiger partial charge in [-0.1, -0.05) is 64.2 Å². The van der Waals surface area contributed by atoms with E-state index < -0.39 is 24.1 Å². The molecule has 0 aromatic carbocycles. The van der Waals surface area contributed by atoms with E-state index in [0.717, 1.165) is 0 Å². The van der Waals surface area contributed by atoms with E-state index in [2.05, 4.69) is 0 Å². The molecule has 0 saturated heterocycles. The van der Waals surface area contributed by atoms with Crippen LogP contribution in [0.15, 0.2) is 48.6 Å². The van der Waals surface area contributed by atoms with Gasteiger partial charge in [-0.15, -0.1) is 0 Å². The zero-order chi connectivity index (χ0) is 21.1. The smallest absolute Gasteiger partial charge is 0.331 e. The quantitative estimate of drug-likeness (QED) is 0.715. The Kier molecular flexibility index (Phi) is 10.5. The largest absolute Gasteiger partial charge is 0.458 e. The third-order valence-corrected chi connectivity index (χ3v) is 4.75. The van der Waals surface area contributed by atoms with Crippen molar-refractivity contribution >= 4 is 11.9 Å². The van der Waals surface area contributed by atoms with Crippen LogP contribution >= 0.6 is 0 Å². The number of allylic oxidation sites excluding steroid dienone is 4. The first kappa shape index (κ1) is 23.9. The Morgan fingerprint density at radius 3 is 1.46 bits per heavy atom. The zero-order valence-electron chi connectivity index (χ0n) is 17.0. The van der Waals surface area contributed by atoms with Crippen molar-refractivity contribution in [2.24, 2.45) is 23.7 Å². The molecule has 6 atom stereocenters. The molecule has 0 unspecified atom stereocenters. The lowest BCUT2D eigenvalue weighted by Gasteiger charge is -2.26. The average Bonchev–Trinajstić information content (AvgIpc) is 2.68. The van der Waals surface area contributed by atoms with Gasteiger partial charge >= 0.3 is 11.9 Å². The maximum atomic E-state index is 12.1. The van der Waals surface area contributed by atoms with Crippen molar-refractivity contribution in [2.45, 2.75) is 39.9 Å². The number of carbonyl (C=O) groups excluding carboxylic acids is 2. The summed E-state index contributed by atoms with van der Waals surface area (Å²) in [5.74, 6) is -1.77. The number of esters is 2. The zero-order valence-corrected chi connectivity index (χ0v) is 17.0. The number of cyclic esters (lactones) is 2. The Balaban J connectivity index is 3.12. The fourth-order valence-electron chi connectivity index (χ4n) is 3.00. The van der Waals surface area contributed by atoms with Gasteiger partial charge in [0.05, 0.1) is 0 Å². The van der Waals surface area contributed by atoms with Crippen LogP contribution in [-0.4, -0.2) is 47.6 Å². The molecule has 1 aliphatic rings. The molecule has 6 heteroatoms. The first-order chi connectivity index (χ1) is 13.3. The van der Waals surface area contributed by atoms with Gasteiger partial charge in [0.15, 0.2) is 0 Å². The Labute approximate surface area is 167 Å². The second-order valence-corrected chi connectivity index (χ2v) is 7.33. The van der Waals surface area contributed by atoms with E-state index in [9.17, 15) is 19.8 Å². The van der Waals surface area contributed by atoms with Crippen LogP contribution in [0.2, 0.25) is 0 Å². The first-order valence-corrected chi connectivity index (χ1v) is 9.62. The summed E-state index contributed by atoms with van der Waals surface area (Å²) in [5.41, 5.74) is 0. The van der Waals surface area contributed by atoms with Gasteiger partial charge in [-0.05, 0) is 0 Å². The molecule has 6 nitrogen and oxygen atoms in total. The summed E-state index contributed by atoms with van der Waals surface area (Å²) in [6, 6.07) is 0. The van der Waals surface area contributed by atoms with Crippen LogP contribution < -0.4 is 0 Å². The van der Waals surface area contributed by atoms with E-state index in [1.807, 2.05) is 27.7 Å². The van der Waals surface area contributed by atoms with E-state index in [0.29, 0.717) is 0 Å². The van der Waals surface area contributed by atoms with Gasteiger partial charge in [0.2, 0.25) is 0 Å². The molecule has 0 aliphatic carbocycles. The molecule has 0 bridgehead atoms. The molecule has 1 rings (SSSR count). The van der Waals surface area contributed by atoms with Gasteiger partial charge in [-0.2, -0.15) is 0 Å². The number of hydrogen-bond acceptors (Lipinski definition) is 6. The highest BCUT2D eigenvalue weighted by Gasteiger charge is 2.26. The highest BCUT2D eigenvalue weighted by atomic mass is 16.5. The molecule has 0 spiro atoms. The van der Waals surface area contributed by atoms with Crippen LogP contribution in [0.4, 0.5) is 0 Å². The van der Waals surface area contributed by atoms with Crippen molar-refractivity contribution in [3.05, 3.63) is 48.6 Å². The molecule has 0 amide bonds. The average molecular weight is 392 g/mol. The van der Waals surface area contributed by atoms with Crippen LogP contribution in [0.1, 0.15) is 27.7 Å². The topological polar surface area (TPSA) is 93.1 Å². The third-order valence-electron chi connectivity index (χ3n) is 4.75. The van der Waals surface area contributed by atoms with E-state index in [1.54, 1.807) is 36.5 Å². The van der Waals surface area contributed by atoms with Gasteiger partial charge in [0.25, 0.3) is 0 Å². The van der Waals surface area contributed by atoms with Crippen molar-refractivity contribution in [3.8, 4) is 0 Å². The lowest BCUT2D eigenvalue weighted by atomic mass is 9.93. The van der Waals surface area contributed by atoms with Gasteiger partial charge in [-0.25, -0.2) is 9.59 Å². The summed E-state index contributed by atoms with van der Waals surface area (Å²) in [4.78, 5) is 24.3. The highest BCUT2D eigenvalue weighted by Crippen LogP contribution is 2.20. The van der Waals surface area contributed by atoms with E-state index in [4.69, 9.17) is 9.47 Å². The van der Waals surface area contributed by atoms with Gasteiger partial charge in [0.1, 0.15) is 12.2 Å². The predicted octanol–water partition coefficient (Wildman–Crippen LogP) is 2.58. The molecule has 0 fully saturated rings. The predicted molar refractivity (Wildman–Crippen MR) is 107 cm³/mol. The van der Waals surface area contributed by atoms with Crippen molar-refractivity contribution in [2.75, 3.05) is 13.2 Å². The van der Waals surface area contributed by atoms with Gasteiger partial charge < -0.3 is 19.7 Å². The summed E-state index contributed by atoms with van der Waals surface area (Å²) >= 11 is 0. The van der Waals surface area contributed by atoms with Gasteiger partial charge in [0, 0.05) is 49.0 Å². The summed E-state index contributed by atoms with van der Waals surface area (Å²) in [7, 11) is 0. The van der Waals surface area contributed by atoms with Gasteiger partial charge in [-0.3, -0.25) is 0 Å². The fourth-order valence-corrected chi connectivity index (χ4v) is 3.00. The lowest BCUT2D eigenvalue weighted by Crippen LogP contribution is -2.32. The monoisotopic (exact) mass is 392 g/mol. The van der Waals surface area contributed by atoms with Crippen molar-refractivity contribution in [1.29, 1.82) is 0 Å². The fraction of sp³-hybridized carbons (Fsp3) is 0.545. The number of rotatable bonds is 4. The molecule has 2 N–H and O–H groups in total. The molecule has 0 radical (unpaired) electrons. The van der Waals surface area contributed by atoms with Crippen molar-refractivity contribution in [1.82, 2.24) is 0 Å². The summed E-state index contributed by atoms with van der Waals surface area (Å²) in [6.07, 6.45) is 11.8. The van der Waals surface area contributed by atoms with E-state index in [1.165, 1.54) is 12.2 Å². The molecule has 1 aliphatic heterocycles. The van der Waals surface area contributed by atoms with E-state index >= 15 is 0 Å². The molecule has 28 heavy (non-hydrogen) atoms. The van der Waals surface area contributed by atoms with Crippen molar-refractivity contribution in [3.63, 3.8) is 0 Å². The number of hydrogen-bond donors (Lipinski definition) is 2. The van der Waals surface area contributed by atoms with Crippen LogP contribution in [0, 0.1) is 23.7 Å². The van der Waals surface area contributed by atoms with Crippen molar-refractivity contribution < 1.29 is 29.3 Å². The Bertz CT molecular complexity index is 565. The van der Waals surface area contributed by atoms with E-state index in [-0.39, 0.29) is 36.9 Å². The maximum Gasteiger partial charge on any atom is 0.331 e. The highest BCUT2D eigenvalue weighted by molar-refractivity contribution is 5.83. The SMILES string of the molecule is C[C@H]1/C=C/C=C/C(=O)O[C@H]([C@@H](C)CO)[C@@H](C)/C=C/C=C/C(=O)O[C@@H]1[C@@H](C)CO. The van der Waals surface area contributed by atoms with Crippen LogP contribution in [0.3, 0.4) is 0 Å².